The van der Waals surface area contributed by atoms with E-state index in [1.165, 1.54) is 55.8 Å². The van der Waals surface area contributed by atoms with Crippen LogP contribution in [0.1, 0.15) is 67.0 Å². The summed E-state index contributed by atoms with van der Waals surface area (Å²) in [5.74, 6) is -0.848. The predicted molar refractivity (Wildman–Crippen MR) is 189 cm³/mol. The molecular formula is C44H36N2O+2. The topological polar surface area (TPSA) is 20.9 Å². The van der Waals surface area contributed by atoms with Crippen molar-refractivity contribution in [1.29, 1.82) is 0 Å². The summed E-state index contributed by atoms with van der Waals surface area (Å²) in [5, 5.41) is 2.28. The molecule has 2 aliphatic heterocycles. The Morgan fingerprint density at radius 2 is 1.49 bits per heavy atom. The van der Waals surface area contributed by atoms with Gasteiger partial charge in [0, 0.05) is 35.9 Å². The third kappa shape index (κ3) is 3.27. The molecule has 5 heterocycles. The van der Waals surface area contributed by atoms with Gasteiger partial charge >= 0.3 is 5.66 Å². The fourth-order valence-corrected chi connectivity index (χ4v) is 9.02. The molecule has 3 nitrogen and oxygen atoms in total. The number of fused-ring (bicyclic) bond motifs is 16. The lowest BCUT2D eigenvalue weighted by molar-refractivity contribution is -0.954. The molecular weight excluding hydrogens is 572 g/mol. The monoisotopic (exact) mass is 609 g/mol. The summed E-state index contributed by atoms with van der Waals surface area (Å²) in [6.07, 6.45) is 7.84. The standard InChI is InChI=1S/C44H36N2O/c1-25(2)33-23-39-41-37(19-18-31-30-17-16-29-21-26(3)22-34(29)42(30)47-43(31)41)44(46(39)24-35(33)40-27(4)11-10-12-28(40)5)36-14-7-6-13-32(36)38-15-8-9-20-45(38)44/h6-20,22-25H,21H2,1-5H3/q+2/i25D. The van der Waals surface area contributed by atoms with E-state index in [1.54, 1.807) is 0 Å². The van der Waals surface area contributed by atoms with E-state index in [1.807, 2.05) is 13.8 Å². The second-order valence-corrected chi connectivity index (χ2v) is 13.9. The SMILES string of the molecule is [2H]C(C)(C)c1cc2[n+](cc1-c1c(C)cccc1C)C1(c3ccccc3-c3cccc[n+]31)c1ccc3c(oc4c5c(ccc43)CC(C)=C5)c1-2. The van der Waals surface area contributed by atoms with Crippen LogP contribution in [0.15, 0.2) is 113 Å². The van der Waals surface area contributed by atoms with Crippen LogP contribution in [-0.4, -0.2) is 0 Å². The highest BCUT2D eigenvalue weighted by Crippen LogP contribution is 2.52. The van der Waals surface area contributed by atoms with Gasteiger partial charge in [-0.15, -0.1) is 9.13 Å². The van der Waals surface area contributed by atoms with Crippen LogP contribution < -0.4 is 9.13 Å². The number of aromatic nitrogens is 2. The predicted octanol–water partition coefficient (Wildman–Crippen LogP) is 9.79. The molecule has 226 valence electrons. The molecule has 0 bridgehead atoms. The average Bonchev–Trinajstić information content (AvgIpc) is 3.79. The van der Waals surface area contributed by atoms with Crippen molar-refractivity contribution < 1.29 is 14.9 Å². The van der Waals surface area contributed by atoms with Crippen LogP contribution in [-0.2, 0) is 12.1 Å². The number of benzene rings is 4. The fraction of sp³-hybridized carbons (Fsp3) is 0.182. The van der Waals surface area contributed by atoms with Crippen molar-refractivity contribution in [1.82, 2.24) is 0 Å². The quantitative estimate of drug-likeness (QED) is 0.179. The molecule has 4 aromatic carbocycles. The molecule has 0 saturated carbocycles. The molecule has 1 atom stereocenters. The highest BCUT2D eigenvalue weighted by atomic mass is 16.3. The lowest BCUT2D eigenvalue weighted by Crippen LogP contribution is -2.71. The minimum absolute atomic E-state index is 0.681. The summed E-state index contributed by atoms with van der Waals surface area (Å²) in [4.78, 5) is 0. The number of furan rings is 1. The Hall–Kier alpha value is -5.28. The highest BCUT2D eigenvalue weighted by molar-refractivity contribution is 6.12. The number of rotatable bonds is 2. The van der Waals surface area contributed by atoms with E-state index in [0.29, 0.717) is 0 Å². The Labute approximate surface area is 276 Å². The Morgan fingerprint density at radius 3 is 2.32 bits per heavy atom. The second kappa shape index (κ2) is 9.17. The fourth-order valence-electron chi connectivity index (χ4n) is 9.02. The molecule has 7 aromatic rings. The molecule has 1 unspecified atom stereocenters. The lowest BCUT2D eigenvalue weighted by Gasteiger charge is -2.20. The Kier molecular flexibility index (Phi) is 5.04. The average molecular weight is 610 g/mol. The minimum atomic E-state index is -0.848. The van der Waals surface area contributed by atoms with E-state index < -0.39 is 11.6 Å². The van der Waals surface area contributed by atoms with Gasteiger partial charge in [0.25, 0.3) is 0 Å². The summed E-state index contributed by atoms with van der Waals surface area (Å²) in [7, 11) is 0. The van der Waals surface area contributed by atoms with Crippen molar-refractivity contribution in [2.75, 3.05) is 0 Å². The van der Waals surface area contributed by atoms with Gasteiger partial charge in [-0.1, -0.05) is 68.0 Å². The molecule has 47 heavy (non-hydrogen) atoms. The summed E-state index contributed by atoms with van der Waals surface area (Å²) in [5.41, 5.74) is 17.8. The largest absolute Gasteiger partial charge is 0.454 e. The molecule has 3 aliphatic rings. The van der Waals surface area contributed by atoms with Gasteiger partial charge in [-0.05, 0) is 91.2 Å². The van der Waals surface area contributed by atoms with E-state index in [2.05, 4.69) is 139 Å². The van der Waals surface area contributed by atoms with E-state index in [4.69, 9.17) is 4.42 Å². The van der Waals surface area contributed by atoms with E-state index in [0.717, 1.165) is 50.7 Å². The van der Waals surface area contributed by atoms with Crippen LogP contribution >= 0.6 is 0 Å². The van der Waals surface area contributed by atoms with Crippen LogP contribution in [0.25, 0.3) is 61.7 Å². The number of pyridine rings is 2. The van der Waals surface area contributed by atoms with Gasteiger partial charge < -0.3 is 4.42 Å². The zero-order valence-corrected chi connectivity index (χ0v) is 27.4. The van der Waals surface area contributed by atoms with E-state index in [9.17, 15) is 1.37 Å². The van der Waals surface area contributed by atoms with Crippen LogP contribution in [0.2, 0.25) is 0 Å². The van der Waals surface area contributed by atoms with Gasteiger partial charge in [0.15, 0.2) is 12.4 Å². The first-order chi connectivity index (χ1) is 23.2. The number of nitrogens with zero attached hydrogens (tertiary/aromatic N) is 2. The normalized spacial score (nSPS) is 17.5. The zero-order chi connectivity index (χ0) is 32.7. The van der Waals surface area contributed by atoms with Crippen molar-refractivity contribution >= 4 is 28.0 Å². The number of allylic oxidation sites excluding steroid dienone is 1. The van der Waals surface area contributed by atoms with Gasteiger partial charge in [0.1, 0.15) is 27.9 Å². The molecule has 3 heteroatoms. The summed E-state index contributed by atoms with van der Waals surface area (Å²) in [6.45, 7) is 10.6. The maximum atomic E-state index is 9.49. The number of aryl methyl sites for hydroxylation is 2. The molecule has 0 saturated heterocycles. The van der Waals surface area contributed by atoms with Gasteiger partial charge in [0.05, 0.1) is 11.1 Å². The summed E-state index contributed by atoms with van der Waals surface area (Å²) < 4.78 is 21.5. The zero-order valence-electron chi connectivity index (χ0n) is 28.4. The van der Waals surface area contributed by atoms with Crippen molar-refractivity contribution in [3.05, 3.63) is 148 Å². The van der Waals surface area contributed by atoms with Crippen molar-refractivity contribution in [3.63, 3.8) is 0 Å². The molecule has 1 aliphatic carbocycles. The second-order valence-electron chi connectivity index (χ2n) is 13.9. The number of hydrogen-bond acceptors (Lipinski definition) is 1. The van der Waals surface area contributed by atoms with E-state index in [-0.39, 0.29) is 0 Å². The molecule has 0 amide bonds. The van der Waals surface area contributed by atoms with Gasteiger partial charge in [-0.25, -0.2) is 0 Å². The molecule has 3 aromatic heterocycles. The minimum Gasteiger partial charge on any atom is -0.454 e. The molecule has 1 spiro atoms. The van der Waals surface area contributed by atoms with Gasteiger partial charge in [-0.2, -0.15) is 0 Å². The smallest absolute Gasteiger partial charge is 0.417 e. The first-order valence-corrected chi connectivity index (χ1v) is 16.7. The maximum Gasteiger partial charge on any atom is 0.417 e. The Balaban J connectivity index is 1.42. The third-order valence-corrected chi connectivity index (χ3v) is 10.9. The number of hydrogen-bond donors (Lipinski definition) is 0. The Morgan fingerprint density at radius 1 is 0.723 bits per heavy atom. The van der Waals surface area contributed by atoms with Crippen molar-refractivity contribution in [3.8, 4) is 33.6 Å². The Bertz CT molecular complexity index is 2550. The molecule has 0 radical (unpaired) electrons. The van der Waals surface area contributed by atoms with E-state index >= 15 is 0 Å². The van der Waals surface area contributed by atoms with Crippen LogP contribution in [0.5, 0.6) is 0 Å². The van der Waals surface area contributed by atoms with Gasteiger partial charge in [0.2, 0.25) is 11.4 Å². The van der Waals surface area contributed by atoms with Crippen molar-refractivity contribution in [2.24, 2.45) is 0 Å². The third-order valence-electron chi connectivity index (χ3n) is 10.9. The first kappa shape index (κ1) is 25.9. The first-order valence-electron chi connectivity index (χ1n) is 17.2. The van der Waals surface area contributed by atoms with Crippen molar-refractivity contribution in [2.45, 2.75) is 52.6 Å². The molecule has 10 rings (SSSR count). The highest BCUT2D eigenvalue weighted by Gasteiger charge is 2.67. The summed E-state index contributed by atoms with van der Waals surface area (Å²) >= 11 is 0. The molecule has 0 N–H and O–H groups in total. The van der Waals surface area contributed by atoms with Crippen LogP contribution in [0.4, 0.5) is 0 Å². The van der Waals surface area contributed by atoms with Crippen LogP contribution in [0.3, 0.4) is 0 Å². The molecule has 0 fully saturated rings. The van der Waals surface area contributed by atoms with Gasteiger partial charge in [-0.3, -0.25) is 0 Å². The summed E-state index contributed by atoms with van der Waals surface area (Å²) in [6, 6.07) is 33.3. The lowest BCUT2D eigenvalue weighted by atomic mass is 9.88. The van der Waals surface area contributed by atoms with Crippen LogP contribution in [0, 0.1) is 13.8 Å². The maximum absolute atomic E-state index is 9.49.